The van der Waals surface area contributed by atoms with Crippen molar-refractivity contribution in [3.8, 4) is 11.1 Å². The van der Waals surface area contributed by atoms with Crippen LogP contribution in [0.4, 0.5) is 10.1 Å². The first kappa shape index (κ1) is 31.0. The molecule has 0 unspecified atom stereocenters. The molecule has 0 atom stereocenters. The summed E-state index contributed by atoms with van der Waals surface area (Å²) < 4.78 is 51.0. The molecule has 4 heterocycles. The van der Waals surface area contributed by atoms with E-state index < -0.39 is 15.8 Å². The molecule has 1 fully saturated rings. The normalized spacial score (nSPS) is 14.2. The van der Waals surface area contributed by atoms with Gasteiger partial charge in [0.25, 0.3) is 15.6 Å². The molecule has 45 heavy (non-hydrogen) atoms. The molecule has 6 rings (SSSR count). The zero-order chi connectivity index (χ0) is 31.9. The molecule has 3 aromatic heterocycles. The second-order valence-corrected chi connectivity index (χ2v) is 14.1. The summed E-state index contributed by atoms with van der Waals surface area (Å²) in [5, 5.41) is 0.593. The molecule has 12 heteroatoms. The van der Waals surface area contributed by atoms with Crippen LogP contribution in [0, 0.1) is 16.3 Å². The molecule has 1 aliphatic rings. The number of ether oxygens (including phenoxy) is 1. The summed E-state index contributed by atoms with van der Waals surface area (Å²) in [5.41, 5.74) is 3.79. The van der Waals surface area contributed by atoms with Gasteiger partial charge >= 0.3 is 0 Å². The van der Waals surface area contributed by atoms with E-state index in [1.807, 2.05) is 55.7 Å². The van der Waals surface area contributed by atoms with Gasteiger partial charge in [-0.1, -0.05) is 17.7 Å². The van der Waals surface area contributed by atoms with Gasteiger partial charge in [0.15, 0.2) is 5.65 Å². The summed E-state index contributed by atoms with van der Waals surface area (Å²) in [5.74, 6) is -0.405. The number of hydrogen-bond acceptors (Lipinski definition) is 7. The Morgan fingerprint density at radius 1 is 1.04 bits per heavy atom. The van der Waals surface area contributed by atoms with Crippen LogP contribution in [0.5, 0.6) is 0 Å². The molecule has 2 aromatic carbocycles. The summed E-state index contributed by atoms with van der Waals surface area (Å²) in [6.07, 6.45) is 6.59. The van der Waals surface area contributed by atoms with Gasteiger partial charge in [-0.3, -0.25) is 9.36 Å². The van der Waals surface area contributed by atoms with Crippen LogP contribution in [0.15, 0.2) is 95.1 Å². The molecule has 1 saturated heterocycles. The average Bonchev–Trinajstić information content (AvgIpc) is 3.40. The largest absolute Gasteiger partial charge is 0.382 e. The third-order valence-electron chi connectivity index (χ3n) is 7.58. The molecule has 1 aliphatic heterocycles. The van der Waals surface area contributed by atoms with E-state index in [1.165, 1.54) is 32.9 Å². The van der Waals surface area contributed by atoms with E-state index in [0.717, 1.165) is 11.3 Å². The van der Waals surface area contributed by atoms with Crippen LogP contribution < -0.4 is 10.5 Å². The minimum absolute atomic E-state index is 0.134. The Bertz CT molecular complexity index is 2080. The van der Waals surface area contributed by atoms with Crippen molar-refractivity contribution in [3.63, 3.8) is 0 Å². The van der Waals surface area contributed by atoms with Gasteiger partial charge in [-0.15, -0.1) is 0 Å². The van der Waals surface area contributed by atoms with Gasteiger partial charge < -0.3 is 14.5 Å². The van der Waals surface area contributed by atoms with E-state index in [2.05, 4.69) is 9.88 Å². The highest BCUT2D eigenvalue weighted by molar-refractivity contribution is 14.1. The maximum Gasteiger partial charge on any atom is 0.269 e. The number of hydrogen-bond donors (Lipinski definition) is 0. The van der Waals surface area contributed by atoms with Crippen LogP contribution in [-0.4, -0.2) is 67.2 Å². The summed E-state index contributed by atoms with van der Waals surface area (Å²) in [4.78, 5) is 22.4. The van der Waals surface area contributed by atoms with Gasteiger partial charge in [0.1, 0.15) is 5.82 Å². The summed E-state index contributed by atoms with van der Waals surface area (Å²) in [6, 6.07) is 16.4. The first-order chi connectivity index (χ1) is 21.5. The van der Waals surface area contributed by atoms with E-state index in [4.69, 9.17) is 4.74 Å². The SMILES string of the molecule is Cc1ccc(S(=O)(=O)n2cc(-c3ccn(/C(=C\N(C)C)c4cc(F)cc(I)c4)c(=O)c3)c3cc(N4CCOCC4)cnc32)cc1. The van der Waals surface area contributed by atoms with Crippen LogP contribution in [0.3, 0.4) is 0 Å². The number of aromatic nitrogens is 3. The lowest BCUT2D eigenvalue weighted by Crippen LogP contribution is -2.36. The second kappa shape index (κ2) is 12.4. The Hall–Kier alpha value is -4.01. The second-order valence-electron chi connectivity index (χ2n) is 11.1. The molecular formula is C33H31FIN5O4S. The fourth-order valence-corrected chi connectivity index (χ4v) is 7.32. The third kappa shape index (κ3) is 6.26. The maximum atomic E-state index is 14.4. The summed E-state index contributed by atoms with van der Waals surface area (Å²) in [7, 11) is -0.359. The van der Waals surface area contributed by atoms with Crippen molar-refractivity contribution in [2.75, 3.05) is 45.3 Å². The molecule has 0 N–H and O–H groups in total. The number of fused-ring (bicyclic) bond motifs is 1. The van der Waals surface area contributed by atoms with Crippen LogP contribution in [0.2, 0.25) is 0 Å². The number of anilines is 1. The number of aryl methyl sites for hydroxylation is 1. The van der Waals surface area contributed by atoms with Crippen molar-refractivity contribution >= 4 is 55.0 Å². The van der Waals surface area contributed by atoms with Crippen LogP contribution in [-0.2, 0) is 14.8 Å². The molecule has 0 amide bonds. The van der Waals surface area contributed by atoms with E-state index >= 15 is 0 Å². The lowest BCUT2D eigenvalue weighted by atomic mass is 10.1. The number of benzene rings is 2. The quantitative estimate of drug-likeness (QED) is 0.207. The van der Waals surface area contributed by atoms with E-state index in [-0.39, 0.29) is 16.1 Å². The monoisotopic (exact) mass is 739 g/mol. The van der Waals surface area contributed by atoms with Crippen LogP contribution >= 0.6 is 22.6 Å². The van der Waals surface area contributed by atoms with Gasteiger partial charge in [-0.05, 0) is 77.5 Å². The number of rotatable bonds is 7. The summed E-state index contributed by atoms with van der Waals surface area (Å²) >= 11 is 2.04. The van der Waals surface area contributed by atoms with Gasteiger partial charge in [0.2, 0.25) is 0 Å². The highest BCUT2D eigenvalue weighted by atomic mass is 127. The lowest BCUT2D eigenvalue weighted by Gasteiger charge is -2.28. The Morgan fingerprint density at radius 2 is 1.78 bits per heavy atom. The number of pyridine rings is 2. The smallest absolute Gasteiger partial charge is 0.269 e. The molecule has 5 aromatic rings. The van der Waals surface area contributed by atoms with Crippen molar-refractivity contribution in [2.24, 2.45) is 0 Å². The van der Waals surface area contributed by atoms with Gasteiger partial charge in [0, 0.05) is 71.9 Å². The highest BCUT2D eigenvalue weighted by Gasteiger charge is 2.25. The zero-order valence-corrected chi connectivity index (χ0v) is 27.9. The van der Waals surface area contributed by atoms with Crippen molar-refractivity contribution in [1.82, 2.24) is 18.4 Å². The van der Waals surface area contributed by atoms with Crippen molar-refractivity contribution in [2.45, 2.75) is 11.8 Å². The third-order valence-corrected chi connectivity index (χ3v) is 9.87. The predicted octanol–water partition coefficient (Wildman–Crippen LogP) is 5.40. The minimum atomic E-state index is -4.01. The Morgan fingerprint density at radius 3 is 2.44 bits per heavy atom. The molecule has 0 aliphatic carbocycles. The minimum Gasteiger partial charge on any atom is -0.382 e. The van der Waals surface area contributed by atoms with Crippen molar-refractivity contribution < 1.29 is 17.5 Å². The topological polar surface area (TPSA) is 89.7 Å². The lowest BCUT2D eigenvalue weighted by molar-refractivity contribution is 0.122. The number of halogens is 2. The Labute approximate surface area is 274 Å². The van der Waals surface area contributed by atoms with Crippen molar-refractivity contribution in [3.05, 3.63) is 116 Å². The first-order valence-electron chi connectivity index (χ1n) is 14.3. The van der Waals surface area contributed by atoms with Crippen LogP contribution in [0.1, 0.15) is 11.1 Å². The van der Waals surface area contributed by atoms with E-state index in [1.54, 1.807) is 53.8 Å². The number of nitrogens with zero attached hydrogens (tertiary/aromatic N) is 5. The number of morpholine rings is 1. The molecular weight excluding hydrogens is 708 g/mol. The highest BCUT2D eigenvalue weighted by Crippen LogP contribution is 2.34. The molecule has 232 valence electrons. The summed E-state index contributed by atoms with van der Waals surface area (Å²) in [6.45, 7) is 4.42. The van der Waals surface area contributed by atoms with Gasteiger partial charge in [0.05, 0.1) is 35.7 Å². The molecule has 0 spiro atoms. The standard InChI is InChI=1S/C33H31FIN5O4S/c1-22-4-6-28(7-5-22)45(42,43)40-20-30(29-18-27(19-36-33(29)40)38-10-12-44-13-11-38)23-8-9-39(32(41)16-23)31(21-37(2)3)24-14-25(34)17-26(35)15-24/h4-9,14-21H,10-13H2,1-3H3/b31-21-. The maximum absolute atomic E-state index is 14.4. The fraction of sp³-hybridized carbons (Fsp3) is 0.212. The predicted molar refractivity (Wildman–Crippen MR) is 182 cm³/mol. The molecule has 0 bridgehead atoms. The van der Waals surface area contributed by atoms with E-state index in [0.29, 0.717) is 57.6 Å². The van der Waals surface area contributed by atoms with Crippen molar-refractivity contribution in [1.29, 1.82) is 0 Å². The van der Waals surface area contributed by atoms with E-state index in [9.17, 15) is 17.6 Å². The molecule has 9 nitrogen and oxygen atoms in total. The molecule has 0 saturated carbocycles. The van der Waals surface area contributed by atoms with Gasteiger partial charge in [-0.2, -0.15) is 0 Å². The van der Waals surface area contributed by atoms with Crippen LogP contribution in [0.25, 0.3) is 27.9 Å². The average molecular weight is 740 g/mol. The first-order valence-corrected chi connectivity index (χ1v) is 16.8. The Kier molecular flexibility index (Phi) is 8.55. The fourth-order valence-electron chi connectivity index (χ4n) is 5.37. The zero-order valence-electron chi connectivity index (χ0n) is 24.9. The molecule has 0 radical (unpaired) electrons. The Balaban J connectivity index is 1.52. The van der Waals surface area contributed by atoms with Gasteiger partial charge in [-0.25, -0.2) is 21.8 Å².